The Morgan fingerprint density at radius 2 is 2.05 bits per heavy atom. The van der Waals surface area contributed by atoms with Crippen LogP contribution in [0.3, 0.4) is 0 Å². The van der Waals surface area contributed by atoms with Gasteiger partial charge >= 0.3 is 0 Å². The topological polar surface area (TPSA) is 49.8 Å². The van der Waals surface area contributed by atoms with Crippen molar-refractivity contribution in [2.24, 2.45) is 0 Å². The van der Waals surface area contributed by atoms with Crippen molar-refractivity contribution in [3.63, 3.8) is 0 Å². The zero-order chi connectivity index (χ0) is 14.1. The van der Waals surface area contributed by atoms with Gasteiger partial charge in [-0.15, -0.1) is 0 Å². The fourth-order valence-electron chi connectivity index (χ4n) is 2.16. The van der Waals surface area contributed by atoms with Crippen LogP contribution in [-0.2, 0) is 11.3 Å². The van der Waals surface area contributed by atoms with E-state index in [1.54, 1.807) is 17.0 Å². The second-order valence-electron chi connectivity index (χ2n) is 4.51. The van der Waals surface area contributed by atoms with Gasteiger partial charge in [-0.2, -0.15) is 0 Å². The van der Waals surface area contributed by atoms with Gasteiger partial charge in [0.1, 0.15) is 11.5 Å². The van der Waals surface area contributed by atoms with Gasteiger partial charge in [-0.05, 0) is 23.8 Å². The first-order valence-corrected chi connectivity index (χ1v) is 6.52. The molecular formula is C15H12ClNO3. The highest BCUT2D eigenvalue weighted by Crippen LogP contribution is 2.36. The van der Waals surface area contributed by atoms with Gasteiger partial charge in [-0.3, -0.25) is 4.79 Å². The molecule has 5 heteroatoms. The maximum absolute atomic E-state index is 12.1. The maximum atomic E-state index is 12.1. The quantitative estimate of drug-likeness (QED) is 0.925. The summed E-state index contributed by atoms with van der Waals surface area (Å²) in [6, 6.07) is 12.1. The minimum absolute atomic E-state index is 0.0408. The summed E-state index contributed by atoms with van der Waals surface area (Å²) in [5.74, 6) is 0.468. The number of amides is 1. The maximum Gasteiger partial charge on any atom is 0.265 e. The molecule has 1 heterocycles. The van der Waals surface area contributed by atoms with E-state index in [2.05, 4.69) is 0 Å². The van der Waals surface area contributed by atoms with E-state index in [0.29, 0.717) is 23.0 Å². The lowest BCUT2D eigenvalue weighted by atomic mass is 10.1. The Labute approximate surface area is 121 Å². The van der Waals surface area contributed by atoms with Crippen molar-refractivity contribution in [2.75, 3.05) is 11.5 Å². The molecular weight excluding hydrogens is 278 g/mol. The Morgan fingerprint density at radius 1 is 1.25 bits per heavy atom. The largest absolute Gasteiger partial charge is 0.508 e. The Balaban J connectivity index is 1.97. The first-order valence-electron chi connectivity index (χ1n) is 6.15. The van der Waals surface area contributed by atoms with E-state index in [1.807, 2.05) is 18.2 Å². The number of hydrogen-bond donors (Lipinski definition) is 1. The number of phenols is 1. The number of carbonyl (C=O) groups excluding carboxylic acids is 1. The molecule has 1 amide bonds. The van der Waals surface area contributed by atoms with Crippen LogP contribution in [0.1, 0.15) is 5.56 Å². The smallest absolute Gasteiger partial charge is 0.265 e. The molecule has 2 aromatic rings. The average Bonchev–Trinajstić information content (AvgIpc) is 2.44. The SMILES string of the molecule is O=C1COc2cc(O)ccc2N1Cc1ccccc1Cl. The summed E-state index contributed by atoms with van der Waals surface area (Å²) in [7, 11) is 0. The molecule has 0 aromatic heterocycles. The van der Waals surface area contributed by atoms with Crippen LogP contribution in [0.4, 0.5) is 5.69 Å². The highest BCUT2D eigenvalue weighted by molar-refractivity contribution is 6.31. The zero-order valence-electron chi connectivity index (χ0n) is 10.5. The number of ether oxygens (including phenoxy) is 1. The van der Waals surface area contributed by atoms with E-state index in [0.717, 1.165) is 5.56 Å². The molecule has 1 aliphatic heterocycles. The average molecular weight is 290 g/mol. The van der Waals surface area contributed by atoms with Crippen molar-refractivity contribution < 1.29 is 14.6 Å². The lowest BCUT2D eigenvalue weighted by molar-refractivity contribution is -0.121. The molecule has 0 aliphatic carbocycles. The summed E-state index contributed by atoms with van der Waals surface area (Å²) in [5.41, 5.74) is 1.50. The van der Waals surface area contributed by atoms with E-state index >= 15 is 0 Å². The van der Waals surface area contributed by atoms with E-state index in [-0.39, 0.29) is 18.3 Å². The highest BCUT2D eigenvalue weighted by Gasteiger charge is 2.26. The molecule has 102 valence electrons. The normalized spacial score (nSPS) is 13.8. The predicted octanol–water partition coefficient (Wildman–Crippen LogP) is 2.97. The van der Waals surface area contributed by atoms with Crippen LogP contribution in [0.15, 0.2) is 42.5 Å². The molecule has 20 heavy (non-hydrogen) atoms. The summed E-state index contributed by atoms with van der Waals surface area (Å²) >= 11 is 6.13. The van der Waals surface area contributed by atoms with Gasteiger partial charge in [0.2, 0.25) is 0 Å². The van der Waals surface area contributed by atoms with Gasteiger partial charge in [0.15, 0.2) is 6.61 Å². The van der Waals surface area contributed by atoms with Gasteiger partial charge < -0.3 is 14.7 Å². The number of carbonyl (C=O) groups is 1. The lowest BCUT2D eigenvalue weighted by Gasteiger charge is -2.29. The summed E-state index contributed by atoms with van der Waals surface area (Å²) in [6.45, 7) is 0.334. The van der Waals surface area contributed by atoms with E-state index < -0.39 is 0 Å². The van der Waals surface area contributed by atoms with Crippen LogP contribution in [0.5, 0.6) is 11.5 Å². The van der Waals surface area contributed by atoms with Gasteiger partial charge in [0, 0.05) is 11.1 Å². The van der Waals surface area contributed by atoms with Crippen molar-refractivity contribution in [2.45, 2.75) is 6.54 Å². The first kappa shape index (κ1) is 12.8. The Hall–Kier alpha value is -2.20. The first-order chi connectivity index (χ1) is 9.65. The molecule has 2 aromatic carbocycles. The standard InChI is InChI=1S/C15H12ClNO3/c16-12-4-2-1-3-10(12)8-17-13-6-5-11(18)7-14(13)20-9-15(17)19/h1-7,18H,8-9H2. The second-order valence-corrected chi connectivity index (χ2v) is 4.92. The van der Waals surface area contributed by atoms with Crippen molar-refractivity contribution in [1.82, 2.24) is 0 Å². The molecule has 0 bridgehead atoms. The molecule has 0 fully saturated rings. The Morgan fingerprint density at radius 3 is 2.85 bits per heavy atom. The number of rotatable bonds is 2. The molecule has 0 saturated heterocycles. The number of phenolic OH excluding ortho intramolecular Hbond substituents is 1. The van der Waals surface area contributed by atoms with Gasteiger partial charge in [0.05, 0.1) is 12.2 Å². The number of anilines is 1. The third kappa shape index (κ3) is 2.30. The number of benzene rings is 2. The van der Waals surface area contributed by atoms with Crippen LogP contribution in [0.25, 0.3) is 0 Å². The molecule has 0 spiro atoms. The molecule has 0 saturated carbocycles. The van der Waals surface area contributed by atoms with Gasteiger partial charge in [0.25, 0.3) is 5.91 Å². The Bertz CT molecular complexity index is 672. The minimum atomic E-state index is -0.136. The molecule has 1 aliphatic rings. The Kier molecular flexibility index (Phi) is 3.24. The lowest BCUT2D eigenvalue weighted by Crippen LogP contribution is -2.38. The van der Waals surface area contributed by atoms with Crippen molar-refractivity contribution in [3.05, 3.63) is 53.1 Å². The second kappa shape index (κ2) is 5.06. The van der Waals surface area contributed by atoms with Crippen LogP contribution >= 0.6 is 11.6 Å². The van der Waals surface area contributed by atoms with Crippen molar-refractivity contribution in [1.29, 1.82) is 0 Å². The van der Waals surface area contributed by atoms with Crippen molar-refractivity contribution >= 4 is 23.2 Å². The summed E-state index contributed by atoms with van der Waals surface area (Å²) in [4.78, 5) is 13.7. The summed E-state index contributed by atoms with van der Waals surface area (Å²) in [5, 5.41) is 10.1. The number of aromatic hydroxyl groups is 1. The minimum Gasteiger partial charge on any atom is -0.508 e. The molecule has 0 atom stereocenters. The number of nitrogens with zero attached hydrogens (tertiary/aromatic N) is 1. The number of fused-ring (bicyclic) bond motifs is 1. The van der Waals surface area contributed by atoms with E-state index in [9.17, 15) is 9.90 Å². The molecule has 3 rings (SSSR count). The fourth-order valence-corrected chi connectivity index (χ4v) is 2.36. The van der Waals surface area contributed by atoms with Crippen molar-refractivity contribution in [3.8, 4) is 11.5 Å². The third-order valence-corrected chi connectivity index (χ3v) is 3.54. The van der Waals surface area contributed by atoms with Crippen LogP contribution in [-0.4, -0.2) is 17.6 Å². The predicted molar refractivity (Wildman–Crippen MR) is 76.2 cm³/mol. The summed E-state index contributed by atoms with van der Waals surface area (Å²) in [6.07, 6.45) is 0. The van der Waals surface area contributed by atoms with Crippen LogP contribution in [0, 0.1) is 0 Å². The van der Waals surface area contributed by atoms with Gasteiger partial charge in [-0.1, -0.05) is 29.8 Å². The molecule has 0 radical (unpaired) electrons. The van der Waals surface area contributed by atoms with Gasteiger partial charge in [-0.25, -0.2) is 0 Å². The van der Waals surface area contributed by atoms with Crippen LogP contribution in [0.2, 0.25) is 5.02 Å². The third-order valence-electron chi connectivity index (χ3n) is 3.17. The monoisotopic (exact) mass is 289 g/mol. The number of halogens is 1. The van der Waals surface area contributed by atoms with E-state index in [1.165, 1.54) is 12.1 Å². The van der Waals surface area contributed by atoms with Crippen LogP contribution < -0.4 is 9.64 Å². The number of hydrogen-bond acceptors (Lipinski definition) is 3. The zero-order valence-corrected chi connectivity index (χ0v) is 11.3. The molecule has 1 N–H and O–H groups in total. The molecule has 0 unspecified atom stereocenters. The highest BCUT2D eigenvalue weighted by atomic mass is 35.5. The summed E-state index contributed by atoms with van der Waals surface area (Å²) < 4.78 is 5.33. The van der Waals surface area contributed by atoms with E-state index in [4.69, 9.17) is 16.3 Å². The molecule has 4 nitrogen and oxygen atoms in total. The fraction of sp³-hybridized carbons (Fsp3) is 0.133.